The van der Waals surface area contributed by atoms with Crippen LogP contribution in [0.1, 0.15) is 38.5 Å². The fourth-order valence-electron chi connectivity index (χ4n) is 2.82. The molecule has 1 aromatic rings. The van der Waals surface area contributed by atoms with Crippen LogP contribution in [0.3, 0.4) is 0 Å². The number of nitrogen functional groups attached to an aromatic ring is 1. The van der Waals surface area contributed by atoms with Gasteiger partial charge in [0.05, 0.1) is 0 Å². The lowest BCUT2D eigenvalue weighted by molar-refractivity contribution is 0.191. The van der Waals surface area contributed by atoms with Crippen molar-refractivity contribution in [1.29, 1.82) is 0 Å². The molecule has 2 rings (SSSR count). The first-order chi connectivity index (χ1) is 9.25. The molecule has 1 saturated carbocycles. The molecule has 0 aromatic carbocycles. The van der Waals surface area contributed by atoms with Crippen molar-refractivity contribution in [3.63, 3.8) is 0 Å². The molecule has 3 N–H and O–H groups in total. The van der Waals surface area contributed by atoms with Crippen LogP contribution in [-0.4, -0.2) is 36.1 Å². The first kappa shape index (κ1) is 14.1. The molecule has 0 saturated heterocycles. The average Bonchev–Trinajstić information content (AvgIpc) is 2.44. The molecule has 106 valence electrons. The summed E-state index contributed by atoms with van der Waals surface area (Å²) in [5.74, 6) is 0.573. The summed E-state index contributed by atoms with van der Waals surface area (Å²) in [6.45, 7) is 2.15. The molecule has 0 bridgehead atoms. The lowest BCUT2D eigenvalue weighted by atomic mass is 9.94. The molecule has 4 nitrogen and oxygen atoms in total. The van der Waals surface area contributed by atoms with E-state index in [0.717, 1.165) is 31.2 Å². The molecule has 1 aromatic heterocycles. The zero-order valence-corrected chi connectivity index (χ0v) is 11.9. The molecule has 1 aliphatic carbocycles. The monoisotopic (exact) mass is 262 g/mol. The number of hydrogen-bond donors (Lipinski definition) is 2. The molecular formula is C15H26N4. The summed E-state index contributed by atoms with van der Waals surface area (Å²) in [4.78, 5) is 6.52. The minimum absolute atomic E-state index is 0.573. The molecule has 0 aliphatic heterocycles. The lowest BCUT2D eigenvalue weighted by Gasteiger charge is -2.31. The highest BCUT2D eigenvalue weighted by Gasteiger charge is 2.16. The third-order valence-corrected chi connectivity index (χ3v) is 4.00. The smallest absolute Gasteiger partial charge is 0.125 e. The molecular weight excluding hydrogens is 236 g/mol. The van der Waals surface area contributed by atoms with Crippen molar-refractivity contribution in [3.8, 4) is 0 Å². The van der Waals surface area contributed by atoms with E-state index in [2.05, 4.69) is 22.2 Å². The van der Waals surface area contributed by atoms with Gasteiger partial charge in [0.2, 0.25) is 0 Å². The van der Waals surface area contributed by atoms with Crippen LogP contribution in [0.4, 0.5) is 11.5 Å². The Morgan fingerprint density at radius 2 is 2.16 bits per heavy atom. The first-order valence-corrected chi connectivity index (χ1v) is 7.41. The lowest BCUT2D eigenvalue weighted by Crippen LogP contribution is -2.34. The Kier molecular flexibility index (Phi) is 5.45. The Morgan fingerprint density at radius 3 is 2.89 bits per heavy atom. The Morgan fingerprint density at radius 1 is 1.37 bits per heavy atom. The van der Waals surface area contributed by atoms with Crippen LogP contribution in [0.2, 0.25) is 0 Å². The minimum Gasteiger partial charge on any atom is -0.385 e. The zero-order valence-electron chi connectivity index (χ0n) is 11.9. The molecule has 1 aliphatic rings. The summed E-state index contributed by atoms with van der Waals surface area (Å²) < 4.78 is 0. The van der Waals surface area contributed by atoms with E-state index in [9.17, 15) is 0 Å². The summed E-state index contributed by atoms with van der Waals surface area (Å²) in [6, 6.07) is 4.65. The van der Waals surface area contributed by atoms with E-state index in [4.69, 9.17) is 5.73 Å². The molecule has 0 amide bonds. The van der Waals surface area contributed by atoms with Gasteiger partial charge in [0, 0.05) is 30.5 Å². The second kappa shape index (κ2) is 7.34. The first-order valence-electron chi connectivity index (χ1n) is 7.41. The predicted octanol–water partition coefficient (Wildman–Crippen LogP) is 2.73. The molecule has 1 heterocycles. The maximum Gasteiger partial charge on any atom is 0.125 e. The van der Waals surface area contributed by atoms with Gasteiger partial charge in [0.1, 0.15) is 5.82 Å². The SMILES string of the molecule is CN(CCCNc1ccnc(N)c1)C1CCCCC1. The fraction of sp³-hybridized carbons (Fsp3) is 0.667. The second-order valence-corrected chi connectivity index (χ2v) is 5.52. The molecule has 19 heavy (non-hydrogen) atoms. The number of nitrogens with zero attached hydrogens (tertiary/aromatic N) is 2. The summed E-state index contributed by atoms with van der Waals surface area (Å²) in [7, 11) is 2.26. The van der Waals surface area contributed by atoms with Crippen LogP contribution in [-0.2, 0) is 0 Å². The number of pyridine rings is 1. The van der Waals surface area contributed by atoms with Crippen LogP contribution in [0, 0.1) is 0 Å². The van der Waals surface area contributed by atoms with Gasteiger partial charge in [-0.05, 0) is 38.9 Å². The molecule has 4 heteroatoms. The Hall–Kier alpha value is -1.29. The van der Waals surface area contributed by atoms with Crippen LogP contribution in [0.5, 0.6) is 0 Å². The minimum atomic E-state index is 0.573. The van der Waals surface area contributed by atoms with Crippen LogP contribution in [0.15, 0.2) is 18.3 Å². The van der Waals surface area contributed by atoms with Gasteiger partial charge in [-0.2, -0.15) is 0 Å². The van der Waals surface area contributed by atoms with Crippen molar-refractivity contribution in [2.24, 2.45) is 0 Å². The van der Waals surface area contributed by atoms with E-state index in [1.807, 2.05) is 12.1 Å². The molecule has 1 fully saturated rings. The largest absolute Gasteiger partial charge is 0.385 e. The topological polar surface area (TPSA) is 54.2 Å². The van der Waals surface area contributed by atoms with E-state index in [0.29, 0.717) is 5.82 Å². The van der Waals surface area contributed by atoms with Gasteiger partial charge in [0.15, 0.2) is 0 Å². The summed E-state index contributed by atoms with van der Waals surface area (Å²) in [5.41, 5.74) is 6.71. The maximum absolute atomic E-state index is 5.65. The van der Waals surface area contributed by atoms with E-state index >= 15 is 0 Å². The highest BCUT2D eigenvalue weighted by Crippen LogP contribution is 2.21. The third-order valence-electron chi connectivity index (χ3n) is 4.00. The van der Waals surface area contributed by atoms with Gasteiger partial charge in [-0.1, -0.05) is 19.3 Å². The zero-order chi connectivity index (χ0) is 13.5. The van der Waals surface area contributed by atoms with Crippen LogP contribution >= 0.6 is 0 Å². The van der Waals surface area contributed by atoms with Gasteiger partial charge in [-0.15, -0.1) is 0 Å². The Labute approximate surface area is 116 Å². The van der Waals surface area contributed by atoms with Crippen molar-refractivity contribution in [3.05, 3.63) is 18.3 Å². The van der Waals surface area contributed by atoms with Crippen molar-refractivity contribution >= 4 is 11.5 Å². The Balaban J connectivity index is 1.63. The van der Waals surface area contributed by atoms with Crippen LogP contribution in [0.25, 0.3) is 0 Å². The van der Waals surface area contributed by atoms with E-state index in [1.165, 1.54) is 32.1 Å². The van der Waals surface area contributed by atoms with Crippen molar-refractivity contribution < 1.29 is 0 Å². The summed E-state index contributed by atoms with van der Waals surface area (Å²) >= 11 is 0. The van der Waals surface area contributed by atoms with Crippen molar-refractivity contribution in [2.75, 3.05) is 31.2 Å². The maximum atomic E-state index is 5.65. The summed E-state index contributed by atoms with van der Waals surface area (Å²) in [5, 5.41) is 3.40. The van der Waals surface area contributed by atoms with Gasteiger partial charge < -0.3 is 16.0 Å². The predicted molar refractivity (Wildman–Crippen MR) is 81.3 cm³/mol. The number of aromatic nitrogens is 1. The summed E-state index contributed by atoms with van der Waals surface area (Å²) in [6.07, 6.45) is 9.90. The third kappa shape index (κ3) is 4.71. The standard InChI is InChI=1S/C15H26N4/c1-19(14-6-3-2-4-7-14)11-5-9-17-13-8-10-18-15(16)12-13/h8,10,12,14H,2-7,9,11H2,1H3,(H3,16,17,18). The van der Waals surface area contributed by atoms with Gasteiger partial charge in [0.25, 0.3) is 0 Å². The van der Waals surface area contributed by atoms with E-state index in [-0.39, 0.29) is 0 Å². The van der Waals surface area contributed by atoms with Crippen molar-refractivity contribution in [2.45, 2.75) is 44.6 Å². The van der Waals surface area contributed by atoms with Gasteiger partial charge in [-0.25, -0.2) is 4.98 Å². The highest BCUT2D eigenvalue weighted by atomic mass is 15.1. The molecule has 0 spiro atoms. The van der Waals surface area contributed by atoms with Gasteiger partial charge >= 0.3 is 0 Å². The second-order valence-electron chi connectivity index (χ2n) is 5.52. The quantitative estimate of drug-likeness (QED) is 0.774. The number of anilines is 2. The van der Waals surface area contributed by atoms with E-state index < -0.39 is 0 Å². The molecule has 0 radical (unpaired) electrons. The Bertz CT molecular complexity index is 374. The average molecular weight is 262 g/mol. The molecule has 0 unspecified atom stereocenters. The normalized spacial score (nSPS) is 16.7. The number of rotatable bonds is 6. The number of nitrogens with one attached hydrogen (secondary N) is 1. The number of hydrogen-bond acceptors (Lipinski definition) is 4. The van der Waals surface area contributed by atoms with Gasteiger partial charge in [-0.3, -0.25) is 0 Å². The molecule has 0 atom stereocenters. The highest BCUT2D eigenvalue weighted by molar-refractivity contribution is 5.49. The van der Waals surface area contributed by atoms with E-state index in [1.54, 1.807) is 6.20 Å². The number of nitrogens with two attached hydrogens (primary N) is 1. The fourth-order valence-corrected chi connectivity index (χ4v) is 2.82. The van der Waals surface area contributed by atoms with Crippen molar-refractivity contribution in [1.82, 2.24) is 9.88 Å². The van der Waals surface area contributed by atoms with Crippen LogP contribution < -0.4 is 11.1 Å².